The van der Waals surface area contributed by atoms with Gasteiger partial charge in [0.1, 0.15) is 6.54 Å². The van der Waals surface area contributed by atoms with Crippen LogP contribution in [0.25, 0.3) is 0 Å². The van der Waals surface area contributed by atoms with Crippen molar-refractivity contribution in [2.75, 3.05) is 13.2 Å². The van der Waals surface area contributed by atoms with Crippen LogP contribution >= 0.6 is 0 Å². The number of amides is 1. The molecule has 1 amide bonds. The summed E-state index contributed by atoms with van der Waals surface area (Å²) < 4.78 is 5.62. The summed E-state index contributed by atoms with van der Waals surface area (Å²) in [4.78, 5) is 24.7. The first-order valence-electron chi connectivity index (χ1n) is 7.80. The third kappa shape index (κ3) is 5.48. The van der Waals surface area contributed by atoms with Gasteiger partial charge >= 0.3 is 5.97 Å². The second-order valence-electron chi connectivity index (χ2n) is 5.66. The van der Waals surface area contributed by atoms with E-state index in [1.807, 2.05) is 30.3 Å². The number of rotatable bonds is 7. The zero-order valence-corrected chi connectivity index (χ0v) is 12.7. The third-order valence-corrected chi connectivity index (χ3v) is 3.85. The van der Waals surface area contributed by atoms with Gasteiger partial charge in [0.05, 0.1) is 6.10 Å². The van der Waals surface area contributed by atoms with Gasteiger partial charge in [-0.2, -0.15) is 0 Å². The number of carboxylic acids is 1. The van der Waals surface area contributed by atoms with E-state index in [4.69, 9.17) is 9.84 Å². The zero-order chi connectivity index (χ0) is 15.8. The predicted molar refractivity (Wildman–Crippen MR) is 82.3 cm³/mol. The molecule has 1 aliphatic rings. The molecule has 1 aliphatic heterocycles. The maximum atomic E-state index is 12.3. The first kappa shape index (κ1) is 16.5. The van der Waals surface area contributed by atoms with Gasteiger partial charge in [0.15, 0.2) is 0 Å². The Kier molecular flexibility index (Phi) is 6.40. The second-order valence-corrected chi connectivity index (χ2v) is 5.66. The van der Waals surface area contributed by atoms with Gasteiger partial charge in [0.25, 0.3) is 0 Å². The fourth-order valence-electron chi connectivity index (χ4n) is 2.68. The lowest BCUT2D eigenvalue weighted by molar-refractivity contribution is -0.145. The van der Waals surface area contributed by atoms with Crippen LogP contribution in [0.4, 0.5) is 0 Å². The first-order chi connectivity index (χ1) is 10.6. The molecule has 22 heavy (non-hydrogen) atoms. The Labute approximate surface area is 130 Å². The number of carboxylic acid groups (broad SMARTS) is 1. The topological polar surface area (TPSA) is 66.8 Å². The van der Waals surface area contributed by atoms with Crippen LogP contribution in [0.1, 0.15) is 37.7 Å². The Morgan fingerprint density at radius 2 is 2.00 bits per heavy atom. The highest BCUT2D eigenvalue weighted by Crippen LogP contribution is 2.18. The highest BCUT2D eigenvalue weighted by atomic mass is 16.5. The highest BCUT2D eigenvalue weighted by molar-refractivity contribution is 5.81. The second kappa shape index (κ2) is 8.54. The molecule has 0 aromatic heterocycles. The van der Waals surface area contributed by atoms with Gasteiger partial charge in [-0.25, -0.2) is 0 Å². The molecule has 1 fully saturated rings. The van der Waals surface area contributed by atoms with Crippen molar-refractivity contribution >= 4 is 11.9 Å². The molecular formula is C17H23NO4. The SMILES string of the molecule is O=C(O)CN(Cc1ccccc1)C(=O)CCC1CCCCO1. The summed E-state index contributed by atoms with van der Waals surface area (Å²) in [5, 5.41) is 9.01. The average Bonchev–Trinajstić information content (AvgIpc) is 2.53. The fraction of sp³-hybridized carbons (Fsp3) is 0.529. The van der Waals surface area contributed by atoms with Gasteiger partial charge in [-0.1, -0.05) is 30.3 Å². The molecule has 1 heterocycles. The molecule has 120 valence electrons. The van der Waals surface area contributed by atoms with Crippen LogP contribution in [-0.2, 0) is 20.9 Å². The van der Waals surface area contributed by atoms with Crippen LogP contribution in [0, 0.1) is 0 Å². The fourth-order valence-corrected chi connectivity index (χ4v) is 2.68. The maximum Gasteiger partial charge on any atom is 0.323 e. The summed E-state index contributed by atoms with van der Waals surface area (Å²) in [7, 11) is 0. The Balaban J connectivity index is 1.89. The minimum Gasteiger partial charge on any atom is -0.480 e. The molecule has 1 aromatic rings. The summed E-state index contributed by atoms with van der Waals surface area (Å²) in [6, 6.07) is 9.45. The van der Waals surface area contributed by atoms with Gasteiger partial charge in [0, 0.05) is 19.6 Å². The Hall–Kier alpha value is -1.88. The van der Waals surface area contributed by atoms with Crippen LogP contribution in [0.3, 0.4) is 0 Å². The van der Waals surface area contributed by atoms with Crippen molar-refractivity contribution in [2.45, 2.75) is 44.8 Å². The molecule has 5 nitrogen and oxygen atoms in total. The van der Waals surface area contributed by atoms with Gasteiger partial charge < -0.3 is 14.7 Å². The molecule has 1 aromatic carbocycles. The molecule has 1 unspecified atom stereocenters. The number of ether oxygens (including phenoxy) is 1. The molecule has 2 rings (SSSR count). The Morgan fingerprint density at radius 1 is 1.23 bits per heavy atom. The molecule has 1 saturated heterocycles. The monoisotopic (exact) mass is 305 g/mol. The van der Waals surface area contributed by atoms with Crippen LogP contribution in [0.5, 0.6) is 0 Å². The van der Waals surface area contributed by atoms with E-state index in [1.54, 1.807) is 0 Å². The third-order valence-electron chi connectivity index (χ3n) is 3.85. The molecule has 1 atom stereocenters. The summed E-state index contributed by atoms with van der Waals surface area (Å²) in [6.45, 7) is 0.832. The average molecular weight is 305 g/mol. The maximum absolute atomic E-state index is 12.3. The minimum absolute atomic E-state index is 0.125. The number of hydrogen-bond acceptors (Lipinski definition) is 3. The minimum atomic E-state index is -0.988. The smallest absolute Gasteiger partial charge is 0.323 e. The lowest BCUT2D eigenvalue weighted by Crippen LogP contribution is -2.35. The molecule has 1 N–H and O–H groups in total. The Bertz CT molecular complexity index is 483. The van der Waals surface area contributed by atoms with Gasteiger partial charge in [-0.3, -0.25) is 9.59 Å². The molecule has 0 aliphatic carbocycles. The largest absolute Gasteiger partial charge is 0.480 e. The number of carbonyl (C=O) groups excluding carboxylic acids is 1. The highest BCUT2D eigenvalue weighted by Gasteiger charge is 2.20. The van der Waals surface area contributed by atoms with E-state index in [2.05, 4.69) is 0 Å². The first-order valence-corrected chi connectivity index (χ1v) is 7.80. The molecule has 0 spiro atoms. The van der Waals surface area contributed by atoms with Crippen molar-refractivity contribution in [2.24, 2.45) is 0 Å². The Morgan fingerprint density at radius 3 is 2.64 bits per heavy atom. The van der Waals surface area contributed by atoms with Crippen LogP contribution in [0.15, 0.2) is 30.3 Å². The quantitative estimate of drug-likeness (QED) is 0.840. The number of nitrogens with zero attached hydrogens (tertiary/aromatic N) is 1. The van der Waals surface area contributed by atoms with Gasteiger partial charge in [-0.05, 0) is 31.2 Å². The molecule has 5 heteroatoms. The van der Waals surface area contributed by atoms with Crippen molar-refractivity contribution in [3.05, 3.63) is 35.9 Å². The summed E-state index contributed by atoms with van der Waals surface area (Å²) in [5.74, 6) is -1.11. The number of hydrogen-bond donors (Lipinski definition) is 1. The van der Waals surface area contributed by atoms with Crippen molar-refractivity contribution in [1.82, 2.24) is 4.90 Å². The van der Waals surface area contributed by atoms with Crippen molar-refractivity contribution in [3.63, 3.8) is 0 Å². The lowest BCUT2D eigenvalue weighted by Gasteiger charge is -2.25. The van der Waals surface area contributed by atoms with Gasteiger partial charge in [0.2, 0.25) is 5.91 Å². The normalized spacial score (nSPS) is 17.9. The van der Waals surface area contributed by atoms with E-state index in [0.717, 1.165) is 31.4 Å². The number of benzene rings is 1. The molecule has 0 bridgehead atoms. The van der Waals surface area contributed by atoms with E-state index >= 15 is 0 Å². The standard InChI is InChI=1S/C17H23NO4/c19-16(10-9-15-8-4-5-11-22-15)18(13-17(20)21)12-14-6-2-1-3-7-14/h1-3,6-7,15H,4-5,8-13H2,(H,20,21). The van der Waals surface area contributed by atoms with E-state index in [-0.39, 0.29) is 18.6 Å². The van der Waals surface area contributed by atoms with Crippen LogP contribution in [0.2, 0.25) is 0 Å². The lowest BCUT2D eigenvalue weighted by atomic mass is 10.0. The molecule has 0 radical (unpaired) electrons. The molecular weight excluding hydrogens is 282 g/mol. The zero-order valence-electron chi connectivity index (χ0n) is 12.7. The summed E-state index contributed by atoms with van der Waals surface area (Å²) in [6.07, 6.45) is 4.37. The van der Waals surface area contributed by atoms with Crippen LogP contribution < -0.4 is 0 Å². The summed E-state index contributed by atoms with van der Waals surface area (Å²) in [5.41, 5.74) is 0.936. The van der Waals surface area contributed by atoms with Gasteiger partial charge in [-0.15, -0.1) is 0 Å². The van der Waals surface area contributed by atoms with E-state index in [1.165, 1.54) is 4.90 Å². The number of carbonyl (C=O) groups is 2. The van der Waals surface area contributed by atoms with Crippen molar-refractivity contribution in [3.8, 4) is 0 Å². The van der Waals surface area contributed by atoms with Crippen molar-refractivity contribution < 1.29 is 19.4 Å². The number of aliphatic carboxylic acids is 1. The van der Waals surface area contributed by atoms with Crippen molar-refractivity contribution in [1.29, 1.82) is 0 Å². The van der Waals surface area contributed by atoms with E-state index < -0.39 is 5.97 Å². The van der Waals surface area contributed by atoms with E-state index in [9.17, 15) is 9.59 Å². The molecule has 0 saturated carbocycles. The predicted octanol–water partition coefficient (Wildman–Crippen LogP) is 2.45. The summed E-state index contributed by atoms with van der Waals surface area (Å²) >= 11 is 0. The van der Waals surface area contributed by atoms with Crippen LogP contribution in [-0.4, -0.2) is 41.1 Å². The van der Waals surface area contributed by atoms with E-state index in [0.29, 0.717) is 19.4 Å².